The van der Waals surface area contributed by atoms with Crippen LogP contribution in [0.25, 0.3) is 0 Å². The van der Waals surface area contributed by atoms with Crippen molar-refractivity contribution in [3.63, 3.8) is 0 Å². The number of carbonyl (C=O) groups excluding carboxylic acids is 2. The first-order valence-corrected chi connectivity index (χ1v) is 8.19. The number of ether oxygens (including phenoxy) is 4. The van der Waals surface area contributed by atoms with Crippen LogP contribution < -0.4 is 0 Å². The summed E-state index contributed by atoms with van der Waals surface area (Å²) in [5.74, 6) is -1.05. The largest absolute Gasteiger partial charge is 0.461 e. The maximum absolute atomic E-state index is 12.2. The fraction of sp³-hybridized carbons (Fsp3) is 0.688. The molecule has 1 fully saturated rings. The Hall–Kier alpha value is -1.93. The number of hydrogen-bond acceptors (Lipinski definition) is 7. The van der Waals surface area contributed by atoms with E-state index in [1.165, 1.54) is 4.68 Å². The molecule has 2 rings (SSSR count). The van der Waals surface area contributed by atoms with Gasteiger partial charge in [0, 0.05) is 12.1 Å². The predicted octanol–water partition coefficient (Wildman–Crippen LogP) is 1.35. The maximum atomic E-state index is 12.2. The number of aryl methyl sites for hydroxylation is 1. The van der Waals surface area contributed by atoms with Gasteiger partial charge in [-0.25, -0.2) is 9.59 Å². The Balaban J connectivity index is 2.20. The molecule has 0 aliphatic carbocycles. The summed E-state index contributed by atoms with van der Waals surface area (Å²) < 4.78 is 22.5. The van der Waals surface area contributed by atoms with Gasteiger partial charge in [0.05, 0.1) is 39.1 Å². The van der Waals surface area contributed by atoms with E-state index >= 15 is 0 Å². The van der Waals surface area contributed by atoms with Crippen LogP contribution in [0.3, 0.4) is 0 Å². The molecule has 1 aliphatic heterocycles. The Morgan fingerprint density at radius 1 is 1.21 bits per heavy atom. The van der Waals surface area contributed by atoms with Gasteiger partial charge < -0.3 is 18.9 Å². The molecule has 0 N–H and O–H groups in total. The molecular weight excluding hydrogens is 316 g/mol. The summed E-state index contributed by atoms with van der Waals surface area (Å²) in [7, 11) is 0. The van der Waals surface area contributed by atoms with Gasteiger partial charge in [0.2, 0.25) is 0 Å². The van der Waals surface area contributed by atoms with Gasteiger partial charge in [-0.3, -0.25) is 4.68 Å². The highest BCUT2D eigenvalue weighted by Gasteiger charge is 2.27. The van der Waals surface area contributed by atoms with Gasteiger partial charge >= 0.3 is 11.9 Å². The molecule has 1 unspecified atom stereocenters. The molecular formula is C16H24N2O6. The first kappa shape index (κ1) is 18.4. The second-order valence-corrected chi connectivity index (χ2v) is 5.34. The zero-order valence-electron chi connectivity index (χ0n) is 14.4. The van der Waals surface area contributed by atoms with Crippen molar-refractivity contribution in [2.75, 3.05) is 33.0 Å². The third-order valence-corrected chi connectivity index (χ3v) is 3.67. The van der Waals surface area contributed by atoms with Crippen LogP contribution in [0, 0.1) is 6.92 Å². The van der Waals surface area contributed by atoms with Crippen LogP contribution in [-0.2, 0) is 25.5 Å². The molecule has 0 saturated carbocycles. The molecule has 1 saturated heterocycles. The lowest BCUT2D eigenvalue weighted by Crippen LogP contribution is -2.30. The fourth-order valence-electron chi connectivity index (χ4n) is 2.53. The SMILES string of the molecule is CCOC(=O)c1nn(CCC2COCCO2)c(C(=O)OCC)c1C. The monoisotopic (exact) mass is 340 g/mol. The van der Waals surface area contributed by atoms with Crippen molar-refractivity contribution in [3.05, 3.63) is 17.0 Å². The van der Waals surface area contributed by atoms with E-state index in [4.69, 9.17) is 18.9 Å². The van der Waals surface area contributed by atoms with Gasteiger partial charge in [-0.2, -0.15) is 5.10 Å². The standard InChI is InChI=1S/C16H24N2O6/c1-4-22-15(19)13-11(3)14(16(20)23-5-2)18(17-13)7-6-12-10-21-8-9-24-12/h12H,4-10H2,1-3H3. The van der Waals surface area contributed by atoms with Crippen molar-refractivity contribution in [1.82, 2.24) is 9.78 Å². The summed E-state index contributed by atoms with van der Waals surface area (Å²) in [4.78, 5) is 24.3. The summed E-state index contributed by atoms with van der Waals surface area (Å²) in [6, 6.07) is 0. The van der Waals surface area contributed by atoms with Crippen LogP contribution >= 0.6 is 0 Å². The Labute approximate surface area is 141 Å². The van der Waals surface area contributed by atoms with Crippen molar-refractivity contribution in [1.29, 1.82) is 0 Å². The van der Waals surface area contributed by atoms with E-state index in [-0.39, 0.29) is 30.7 Å². The number of nitrogens with zero attached hydrogens (tertiary/aromatic N) is 2. The van der Waals surface area contributed by atoms with Crippen molar-refractivity contribution in [3.8, 4) is 0 Å². The summed E-state index contributed by atoms with van der Waals surface area (Å²) in [6.07, 6.45) is 0.569. The maximum Gasteiger partial charge on any atom is 0.359 e. The molecule has 8 heteroatoms. The summed E-state index contributed by atoms with van der Waals surface area (Å²) in [5.41, 5.74) is 0.880. The average molecular weight is 340 g/mol. The molecule has 0 amide bonds. The molecule has 2 heterocycles. The van der Waals surface area contributed by atoms with Gasteiger partial charge in [-0.05, 0) is 27.2 Å². The molecule has 0 spiro atoms. The molecule has 0 bridgehead atoms. The molecule has 0 radical (unpaired) electrons. The van der Waals surface area contributed by atoms with Crippen molar-refractivity contribution in [2.45, 2.75) is 39.8 Å². The second kappa shape index (κ2) is 8.79. The molecule has 0 aromatic carbocycles. The van der Waals surface area contributed by atoms with Crippen LogP contribution in [0.15, 0.2) is 0 Å². The minimum Gasteiger partial charge on any atom is -0.461 e. The number of aromatic nitrogens is 2. The summed E-state index contributed by atoms with van der Waals surface area (Å²) in [6.45, 7) is 7.69. The van der Waals surface area contributed by atoms with Crippen LogP contribution in [0.4, 0.5) is 0 Å². The predicted molar refractivity (Wildman–Crippen MR) is 84.1 cm³/mol. The van der Waals surface area contributed by atoms with Gasteiger partial charge in [0.15, 0.2) is 5.69 Å². The minimum atomic E-state index is -0.545. The topological polar surface area (TPSA) is 88.9 Å². The molecule has 8 nitrogen and oxygen atoms in total. The molecule has 1 aliphatic rings. The quantitative estimate of drug-likeness (QED) is 0.692. The van der Waals surface area contributed by atoms with Crippen LogP contribution in [-0.4, -0.2) is 60.9 Å². The highest BCUT2D eigenvalue weighted by atomic mass is 16.6. The van der Waals surface area contributed by atoms with Crippen LogP contribution in [0.2, 0.25) is 0 Å². The highest BCUT2D eigenvalue weighted by Crippen LogP contribution is 2.18. The molecule has 1 atom stereocenters. The summed E-state index contributed by atoms with van der Waals surface area (Å²) in [5, 5.41) is 4.26. The number of hydrogen-bond donors (Lipinski definition) is 0. The van der Waals surface area contributed by atoms with Crippen LogP contribution in [0.1, 0.15) is 46.8 Å². The van der Waals surface area contributed by atoms with Crippen LogP contribution in [0.5, 0.6) is 0 Å². The Kier molecular flexibility index (Phi) is 6.74. The lowest BCUT2D eigenvalue weighted by Gasteiger charge is -2.23. The normalized spacial score (nSPS) is 17.5. The zero-order chi connectivity index (χ0) is 17.5. The fourth-order valence-corrected chi connectivity index (χ4v) is 2.53. The molecule has 1 aromatic rings. The second-order valence-electron chi connectivity index (χ2n) is 5.34. The summed E-state index contributed by atoms with van der Waals surface area (Å²) >= 11 is 0. The van der Waals surface area contributed by atoms with Gasteiger partial charge in [-0.15, -0.1) is 0 Å². The van der Waals surface area contributed by atoms with Gasteiger partial charge in [0.1, 0.15) is 5.69 Å². The van der Waals surface area contributed by atoms with E-state index in [0.29, 0.717) is 38.3 Å². The molecule has 134 valence electrons. The number of rotatable bonds is 7. The lowest BCUT2D eigenvalue weighted by atomic mass is 10.2. The Bertz CT molecular complexity index is 577. The van der Waals surface area contributed by atoms with Crippen molar-refractivity contribution in [2.24, 2.45) is 0 Å². The van der Waals surface area contributed by atoms with Crippen molar-refractivity contribution < 1.29 is 28.5 Å². The number of esters is 2. The lowest BCUT2D eigenvalue weighted by molar-refractivity contribution is -0.0920. The van der Waals surface area contributed by atoms with E-state index in [0.717, 1.165) is 0 Å². The van der Waals surface area contributed by atoms with E-state index in [2.05, 4.69) is 5.10 Å². The van der Waals surface area contributed by atoms with Gasteiger partial charge in [0.25, 0.3) is 0 Å². The zero-order valence-corrected chi connectivity index (χ0v) is 14.4. The average Bonchev–Trinajstić information content (AvgIpc) is 2.91. The molecule has 1 aromatic heterocycles. The third-order valence-electron chi connectivity index (χ3n) is 3.67. The van der Waals surface area contributed by atoms with E-state index in [1.54, 1.807) is 20.8 Å². The van der Waals surface area contributed by atoms with E-state index in [1.807, 2.05) is 0 Å². The smallest absolute Gasteiger partial charge is 0.359 e. The van der Waals surface area contributed by atoms with Gasteiger partial charge in [-0.1, -0.05) is 0 Å². The Morgan fingerprint density at radius 3 is 2.54 bits per heavy atom. The first-order valence-electron chi connectivity index (χ1n) is 8.19. The third kappa shape index (κ3) is 4.33. The Morgan fingerprint density at radius 2 is 1.92 bits per heavy atom. The minimum absolute atomic E-state index is 0.0515. The first-order chi connectivity index (χ1) is 11.6. The number of carbonyl (C=O) groups is 2. The highest BCUT2D eigenvalue weighted by molar-refractivity contribution is 5.95. The van der Waals surface area contributed by atoms with E-state index in [9.17, 15) is 9.59 Å². The van der Waals surface area contributed by atoms with E-state index < -0.39 is 11.9 Å². The van der Waals surface area contributed by atoms with Crippen molar-refractivity contribution >= 4 is 11.9 Å². The molecule has 24 heavy (non-hydrogen) atoms.